The SMILES string of the molecule is CCCCC(CC)CCC(CCC(CC)CCCC)OC(=O)c1ccccc1. The Kier molecular flexibility index (Phi) is 13.8. The molecule has 2 heteroatoms. The maximum absolute atomic E-state index is 12.6. The number of hydrogen-bond donors (Lipinski definition) is 0. The normalized spacial score (nSPS) is 14.4. The van der Waals surface area contributed by atoms with E-state index in [4.69, 9.17) is 4.74 Å². The highest BCUT2D eigenvalue weighted by Crippen LogP contribution is 2.25. The summed E-state index contributed by atoms with van der Waals surface area (Å²) in [5.41, 5.74) is 0.670. The van der Waals surface area contributed by atoms with Crippen LogP contribution in [0.15, 0.2) is 30.3 Å². The first-order valence-corrected chi connectivity index (χ1v) is 11.9. The predicted octanol–water partition coefficient (Wildman–Crippen LogP) is 8.21. The third kappa shape index (κ3) is 10.3. The molecule has 2 atom stereocenters. The minimum Gasteiger partial charge on any atom is -0.459 e. The molecule has 1 rings (SSSR count). The van der Waals surface area contributed by atoms with Crippen LogP contribution in [0.2, 0.25) is 0 Å². The van der Waals surface area contributed by atoms with Gasteiger partial charge < -0.3 is 4.74 Å². The number of ether oxygens (including phenoxy) is 1. The molecule has 2 nitrogen and oxygen atoms in total. The van der Waals surface area contributed by atoms with Crippen LogP contribution in [0.3, 0.4) is 0 Å². The van der Waals surface area contributed by atoms with Crippen molar-refractivity contribution in [2.75, 3.05) is 0 Å². The molecule has 1 aromatic rings. The number of benzene rings is 1. The van der Waals surface area contributed by atoms with E-state index in [2.05, 4.69) is 27.7 Å². The van der Waals surface area contributed by atoms with Crippen molar-refractivity contribution < 1.29 is 9.53 Å². The van der Waals surface area contributed by atoms with E-state index < -0.39 is 0 Å². The van der Waals surface area contributed by atoms with Crippen LogP contribution in [0.1, 0.15) is 115 Å². The van der Waals surface area contributed by atoms with E-state index in [-0.39, 0.29) is 12.1 Å². The van der Waals surface area contributed by atoms with Gasteiger partial charge in [0.1, 0.15) is 6.10 Å². The molecule has 0 spiro atoms. The van der Waals surface area contributed by atoms with Crippen LogP contribution >= 0.6 is 0 Å². The summed E-state index contributed by atoms with van der Waals surface area (Å²) < 4.78 is 6.00. The van der Waals surface area contributed by atoms with Gasteiger partial charge in [0.25, 0.3) is 0 Å². The Hall–Kier alpha value is -1.31. The lowest BCUT2D eigenvalue weighted by Crippen LogP contribution is -2.21. The zero-order valence-corrected chi connectivity index (χ0v) is 18.9. The van der Waals surface area contributed by atoms with Gasteiger partial charge in [-0.15, -0.1) is 0 Å². The Bertz CT molecular complexity index is 476. The summed E-state index contributed by atoms with van der Waals surface area (Å²) in [5.74, 6) is 1.37. The second kappa shape index (κ2) is 15.6. The van der Waals surface area contributed by atoms with Crippen LogP contribution < -0.4 is 0 Å². The molecular weight excluding hydrogens is 344 g/mol. The second-order valence-corrected chi connectivity index (χ2v) is 8.38. The average Bonchev–Trinajstić information content (AvgIpc) is 2.74. The molecule has 0 saturated heterocycles. The zero-order chi connectivity index (χ0) is 20.6. The van der Waals surface area contributed by atoms with Crippen molar-refractivity contribution in [2.45, 2.75) is 111 Å². The van der Waals surface area contributed by atoms with Crippen LogP contribution in [-0.2, 0) is 4.74 Å². The third-order valence-corrected chi connectivity index (χ3v) is 6.16. The van der Waals surface area contributed by atoms with Gasteiger partial charge in [0.2, 0.25) is 0 Å². The fourth-order valence-corrected chi connectivity index (χ4v) is 3.99. The lowest BCUT2D eigenvalue weighted by atomic mass is 9.89. The zero-order valence-electron chi connectivity index (χ0n) is 18.9. The molecule has 0 radical (unpaired) electrons. The van der Waals surface area contributed by atoms with Gasteiger partial charge in [0.15, 0.2) is 0 Å². The largest absolute Gasteiger partial charge is 0.459 e. The van der Waals surface area contributed by atoms with Crippen LogP contribution in [0, 0.1) is 11.8 Å². The number of hydrogen-bond acceptors (Lipinski definition) is 2. The first-order chi connectivity index (χ1) is 13.6. The van der Waals surface area contributed by atoms with Crippen LogP contribution in [0.5, 0.6) is 0 Å². The van der Waals surface area contributed by atoms with Crippen molar-refractivity contribution in [3.8, 4) is 0 Å². The minimum absolute atomic E-state index is 0.0547. The van der Waals surface area contributed by atoms with Gasteiger partial charge >= 0.3 is 5.97 Å². The lowest BCUT2D eigenvalue weighted by molar-refractivity contribution is 0.0226. The molecule has 0 heterocycles. The monoisotopic (exact) mass is 388 g/mol. The van der Waals surface area contributed by atoms with E-state index in [1.54, 1.807) is 0 Å². The molecule has 160 valence electrons. The van der Waals surface area contributed by atoms with Crippen molar-refractivity contribution in [1.82, 2.24) is 0 Å². The van der Waals surface area contributed by atoms with E-state index in [1.165, 1.54) is 64.2 Å². The van der Waals surface area contributed by atoms with Gasteiger partial charge in [-0.25, -0.2) is 4.79 Å². The molecular formula is C26H44O2. The molecule has 0 aromatic heterocycles. The van der Waals surface area contributed by atoms with Crippen LogP contribution in [0.4, 0.5) is 0 Å². The highest BCUT2D eigenvalue weighted by atomic mass is 16.5. The predicted molar refractivity (Wildman–Crippen MR) is 121 cm³/mol. The van der Waals surface area contributed by atoms with Crippen molar-refractivity contribution in [3.63, 3.8) is 0 Å². The van der Waals surface area contributed by atoms with E-state index >= 15 is 0 Å². The molecule has 1 aromatic carbocycles. The second-order valence-electron chi connectivity index (χ2n) is 8.38. The van der Waals surface area contributed by atoms with Gasteiger partial charge in [-0.2, -0.15) is 0 Å². The molecule has 0 amide bonds. The Morgan fingerprint density at radius 1 is 0.750 bits per heavy atom. The topological polar surface area (TPSA) is 26.3 Å². The van der Waals surface area contributed by atoms with Gasteiger partial charge in [-0.05, 0) is 49.7 Å². The molecule has 0 fully saturated rings. The molecule has 28 heavy (non-hydrogen) atoms. The number of rotatable bonds is 16. The summed E-state index contributed by atoms with van der Waals surface area (Å²) in [6.07, 6.45) is 14.6. The fraction of sp³-hybridized carbons (Fsp3) is 0.731. The molecule has 0 bridgehead atoms. The lowest BCUT2D eigenvalue weighted by Gasteiger charge is -2.23. The van der Waals surface area contributed by atoms with Crippen molar-refractivity contribution in [3.05, 3.63) is 35.9 Å². The summed E-state index contributed by atoms with van der Waals surface area (Å²) in [6.45, 7) is 9.11. The molecule has 2 unspecified atom stereocenters. The minimum atomic E-state index is -0.159. The van der Waals surface area contributed by atoms with E-state index in [0.717, 1.165) is 24.7 Å². The molecule has 0 aliphatic rings. The highest BCUT2D eigenvalue weighted by molar-refractivity contribution is 5.89. The Morgan fingerprint density at radius 3 is 1.68 bits per heavy atom. The average molecular weight is 389 g/mol. The van der Waals surface area contributed by atoms with Crippen molar-refractivity contribution in [2.24, 2.45) is 11.8 Å². The summed E-state index contributed by atoms with van der Waals surface area (Å²) in [5, 5.41) is 0. The van der Waals surface area contributed by atoms with Crippen LogP contribution in [-0.4, -0.2) is 12.1 Å². The Balaban J connectivity index is 2.65. The molecule has 0 aliphatic heterocycles. The fourth-order valence-electron chi connectivity index (χ4n) is 3.99. The first-order valence-electron chi connectivity index (χ1n) is 11.9. The molecule has 0 aliphatic carbocycles. The number of unbranched alkanes of at least 4 members (excludes halogenated alkanes) is 2. The van der Waals surface area contributed by atoms with Gasteiger partial charge in [0, 0.05) is 0 Å². The Morgan fingerprint density at radius 2 is 1.25 bits per heavy atom. The highest BCUT2D eigenvalue weighted by Gasteiger charge is 2.19. The number of esters is 1. The molecule has 0 N–H and O–H groups in total. The maximum Gasteiger partial charge on any atom is 0.338 e. The summed E-state index contributed by atoms with van der Waals surface area (Å²) in [7, 11) is 0. The Labute approximate surface area is 174 Å². The van der Waals surface area contributed by atoms with Gasteiger partial charge in [0.05, 0.1) is 5.56 Å². The van der Waals surface area contributed by atoms with Crippen molar-refractivity contribution in [1.29, 1.82) is 0 Å². The van der Waals surface area contributed by atoms with Crippen molar-refractivity contribution >= 4 is 5.97 Å². The summed E-state index contributed by atoms with van der Waals surface area (Å²) in [4.78, 5) is 12.6. The first kappa shape index (κ1) is 24.7. The number of carbonyl (C=O) groups excluding carboxylic acids is 1. The van der Waals surface area contributed by atoms with Crippen LogP contribution in [0.25, 0.3) is 0 Å². The number of carbonyl (C=O) groups is 1. The van der Waals surface area contributed by atoms with E-state index in [9.17, 15) is 4.79 Å². The van der Waals surface area contributed by atoms with E-state index in [0.29, 0.717) is 5.56 Å². The van der Waals surface area contributed by atoms with Gasteiger partial charge in [-0.3, -0.25) is 0 Å². The standard InChI is InChI=1S/C26H44O2/c1-5-9-14-22(7-3)18-20-25(21-19-23(8-4)15-10-6-2)28-26(27)24-16-12-11-13-17-24/h11-13,16-17,22-23,25H,5-10,14-15,18-21H2,1-4H3. The van der Waals surface area contributed by atoms with Gasteiger partial charge in [-0.1, -0.05) is 97.3 Å². The smallest absolute Gasteiger partial charge is 0.338 e. The summed E-state index contributed by atoms with van der Waals surface area (Å²) in [6, 6.07) is 9.45. The maximum atomic E-state index is 12.6. The quantitative estimate of drug-likeness (QED) is 0.267. The molecule has 0 saturated carbocycles. The summed E-state index contributed by atoms with van der Waals surface area (Å²) >= 11 is 0. The third-order valence-electron chi connectivity index (χ3n) is 6.16. The van der Waals surface area contributed by atoms with E-state index in [1.807, 2.05) is 30.3 Å².